The third-order valence-electron chi connectivity index (χ3n) is 3.99. The van der Waals surface area contributed by atoms with E-state index in [4.69, 9.17) is 5.73 Å². The van der Waals surface area contributed by atoms with Gasteiger partial charge in [0.1, 0.15) is 0 Å². The van der Waals surface area contributed by atoms with Crippen molar-refractivity contribution in [3.05, 3.63) is 12.4 Å². The van der Waals surface area contributed by atoms with Gasteiger partial charge in [0.25, 0.3) is 0 Å². The SMILES string of the molecule is CCC(CN)N1CCN(c2cncc3nnnn23)CC1. The molecule has 108 valence electrons. The van der Waals surface area contributed by atoms with Gasteiger partial charge in [-0.2, -0.15) is 4.52 Å². The molecule has 2 N–H and O–H groups in total. The molecule has 2 aromatic heterocycles. The number of nitrogens with two attached hydrogens (primary N) is 1. The van der Waals surface area contributed by atoms with Gasteiger partial charge in [0.2, 0.25) is 0 Å². The van der Waals surface area contributed by atoms with E-state index in [0.29, 0.717) is 11.7 Å². The number of hydrogen-bond acceptors (Lipinski definition) is 7. The second-order valence-electron chi connectivity index (χ2n) is 5.04. The number of anilines is 1. The molecule has 0 amide bonds. The minimum absolute atomic E-state index is 0.485. The monoisotopic (exact) mass is 276 g/mol. The highest BCUT2D eigenvalue weighted by Crippen LogP contribution is 2.16. The summed E-state index contributed by atoms with van der Waals surface area (Å²) < 4.78 is 1.74. The average Bonchev–Trinajstić information content (AvgIpc) is 2.98. The minimum atomic E-state index is 0.485. The highest BCUT2D eigenvalue weighted by Gasteiger charge is 2.23. The quantitative estimate of drug-likeness (QED) is 0.796. The maximum atomic E-state index is 5.82. The lowest BCUT2D eigenvalue weighted by atomic mass is 10.1. The molecule has 3 heterocycles. The fourth-order valence-corrected chi connectivity index (χ4v) is 2.77. The molecule has 8 nitrogen and oxygen atoms in total. The first kappa shape index (κ1) is 13.2. The van der Waals surface area contributed by atoms with Crippen molar-refractivity contribution in [1.29, 1.82) is 0 Å². The van der Waals surface area contributed by atoms with Crippen LogP contribution in [-0.2, 0) is 0 Å². The predicted molar refractivity (Wildman–Crippen MR) is 75.5 cm³/mol. The first-order valence-corrected chi connectivity index (χ1v) is 7.04. The molecule has 1 atom stereocenters. The highest BCUT2D eigenvalue weighted by molar-refractivity contribution is 5.46. The number of rotatable bonds is 4. The van der Waals surface area contributed by atoms with Gasteiger partial charge in [0, 0.05) is 38.8 Å². The molecule has 20 heavy (non-hydrogen) atoms. The molecule has 0 radical (unpaired) electrons. The standard InChI is InChI=1S/C12H20N8/c1-2-10(7-13)18-3-5-19(6-4-18)12-9-14-8-11-15-16-17-20(11)12/h8-10H,2-7,13H2,1H3. The van der Waals surface area contributed by atoms with Crippen LogP contribution in [0.5, 0.6) is 0 Å². The summed E-state index contributed by atoms with van der Waals surface area (Å²) in [5, 5.41) is 11.6. The number of nitrogens with zero attached hydrogens (tertiary/aromatic N) is 7. The topological polar surface area (TPSA) is 88.5 Å². The zero-order valence-electron chi connectivity index (χ0n) is 11.7. The summed E-state index contributed by atoms with van der Waals surface area (Å²) in [6.45, 7) is 6.81. The predicted octanol–water partition coefficient (Wildman–Crippen LogP) is -0.621. The van der Waals surface area contributed by atoms with Crippen LogP contribution in [0.25, 0.3) is 5.65 Å². The van der Waals surface area contributed by atoms with E-state index in [1.165, 1.54) is 0 Å². The van der Waals surface area contributed by atoms with E-state index < -0.39 is 0 Å². The number of aromatic nitrogens is 5. The lowest BCUT2D eigenvalue weighted by Gasteiger charge is -2.39. The van der Waals surface area contributed by atoms with Gasteiger partial charge in [0.15, 0.2) is 11.5 Å². The summed E-state index contributed by atoms with van der Waals surface area (Å²) in [7, 11) is 0. The van der Waals surface area contributed by atoms with Gasteiger partial charge >= 0.3 is 0 Å². The number of piperazine rings is 1. The van der Waals surface area contributed by atoms with Gasteiger partial charge in [-0.25, -0.2) is 0 Å². The van der Waals surface area contributed by atoms with Crippen LogP contribution in [-0.4, -0.2) is 68.7 Å². The molecule has 1 fully saturated rings. The Morgan fingerprint density at radius 2 is 2.05 bits per heavy atom. The van der Waals surface area contributed by atoms with Crippen LogP contribution in [0.1, 0.15) is 13.3 Å². The normalized spacial score (nSPS) is 18.6. The zero-order valence-corrected chi connectivity index (χ0v) is 11.7. The fraction of sp³-hybridized carbons (Fsp3) is 0.667. The Morgan fingerprint density at radius 1 is 1.25 bits per heavy atom. The highest BCUT2D eigenvalue weighted by atomic mass is 15.5. The van der Waals surface area contributed by atoms with Crippen LogP contribution in [0, 0.1) is 0 Å². The molecule has 8 heteroatoms. The molecule has 1 saturated heterocycles. The maximum absolute atomic E-state index is 5.82. The molecule has 1 aliphatic heterocycles. The Labute approximate surface area is 117 Å². The number of hydrogen-bond donors (Lipinski definition) is 1. The Hall–Kier alpha value is -1.80. The van der Waals surface area contributed by atoms with Crippen molar-refractivity contribution in [2.24, 2.45) is 5.73 Å². The number of fused-ring (bicyclic) bond motifs is 1. The molecular weight excluding hydrogens is 256 g/mol. The molecule has 0 spiro atoms. The molecule has 3 rings (SSSR count). The Balaban J connectivity index is 1.73. The van der Waals surface area contributed by atoms with Crippen molar-refractivity contribution in [2.45, 2.75) is 19.4 Å². The number of tetrazole rings is 1. The summed E-state index contributed by atoms with van der Waals surface area (Å²) in [5.74, 6) is 0.952. The Kier molecular flexibility index (Phi) is 3.75. The first-order chi connectivity index (χ1) is 9.83. The first-order valence-electron chi connectivity index (χ1n) is 7.04. The van der Waals surface area contributed by atoms with Gasteiger partial charge in [-0.05, 0) is 16.8 Å². The lowest BCUT2D eigenvalue weighted by molar-refractivity contribution is 0.184. The van der Waals surface area contributed by atoms with Crippen molar-refractivity contribution in [1.82, 2.24) is 29.9 Å². The molecule has 0 aromatic carbocycles. The van der Waals surface area contributed by atoms with Crippen LogP contribution in [0.3, 0.4) is 0 Å². The molecule has 0 bridgehead atoms. The molecule has 0 saturated carbocycles. The van der Waals surface area contributed by atoms with Crippen molar-refractivity contribution in [3.63, 3.8) is 0 Å². The summed E-state index contributed by atoms with van der Waals surface area (Å²) >= 11 is 0. The van der Waals surface area contributed by atoms with Crippen molar-refractivity contribution in [3.8, 4) is 0 Å². The third-order valence-corrected chi connectivity index (χ3v) is 3.99. The summed E-state index contributed by atoms with van der Waals surface area (Å²) in [5.41, 5.74) is 6.50. The van der Waals surface area contributed by atoms with Crippen LogP contribution < -0.4 is 10.6 Å². The summed E-state index contributed by atoms with van der Waals surface area (Å²) in [6.07, 6.45) is 4.58. The second kappa shape index (κ2) is 5.68. The van der Waals surface area contributed by atoms with Crippen molar-refractivity contribution >= 4 is 11.5 Å². The zero-order chi connectivity index (χ0) is 13.9. The third kappa shape index (κ3) is 2.32. The van der Waals surface area contributed by atoms with E-state index in [-0.39, 0.29) is 0 Å². The fourth-order valence-electron chi connectivity index (χ4n) is 2.77. The maximum Gasteiger partial charge on any atom is 0.199 e. The van der Waals surface area contributed by atoms with Gasteiger partial charge in [0.05, 0.1) is 12.4 Å². The molecule has 1 unspecified atom stereocenters. The van der Waals surface area contributed by atoms with E-state index in [9.17, 15) is 0 Å². The molecule has 0 aliphatic carbocycles. The van der Waals surface area contributed by atoms with Crippen LogP contribution >= 0.6 is 0 Å². The summed E-state index contributed by atoms with van der Waals surface area (Å²) in [4.78, 5) is 8.94. The molecular formula is C12H20N8. The second-order valence-corrected chi connectivity index (χ2v) is 5.04. The van der Waals surface area contributed by atoms with Crippen molar-refractivity contribution in [2.75, 3.05) is 37.6 Å². The van der Waals surface area contributed by atoms with Crippen LogP contribution in [0.2, 0.25) is 0 Å². The largest absolute Gasteiger partial charge is 0.353 e. The summed E-state index contributed by atoms with van der Waals surface area (Å²) in [6, 6.07) is 0.485. The molecule has 1 aliphatic rings. The Morgan fingerprint density at radius 3 is 2.75 bits per heavy atom. The van der Waals surface area contributed by atoms with Gasteiger partial charge in [-0.3, -0.25) is 9.88 Å². The van der Waals surface area contributed by atoms with E-state index >= 15 is 0 Å². The van der Waals surface area contributed by atoms with Gasteiger partial charge < -0.3 is 10.6 Å². The van der Waals surface area contributed by atoms with E-state index in [1.54, 1.807) is 10.7 Å². The van der Waals surface area contributed by atoms with E-state index in [0.717, 1.165) is 45.0 Å². The van der Waals surface area contributed by atoms with Gasteiger partial charge in [-0.1, -0.05) is 6.92 Å². The minimum Gasteiger partial charge on any atom is -0.353 e. The Bertz CT molecular complexity index is 555. The lowest BCUT2D eigenvalue weighted by Crippen LogP contribution is -2.52. The van der Waals surface area contributed by atoms with Gasteiger partial charge in [-0.15, -0.1) is 5.10 Å². The van der Waals surface area contributed by atoms with Crippen molar-refractivity contribution < 1.29 is 0 Å². The van der Waals surface area contributed by atoms with Crippen LogP contribution in [0.4, 0.5) is 5.82 Å². The molecule has 2 aromatic rings. The average molecular weight is 276 g/mol. The smallest absolute Gasteiger partial charge is 0.199 e. The van der Waals surface area contributed by atoms with Crippen LogP contribution in [0.15, 0.2) is 12.4 Å². The van der Waals surface area contributed by atoms with E-state index in [1.807, 2.05) is 6.20 Å². The van der Waals surface area contributed by atoms with E-state index in [2.05, 4.69) is 37.2 Å².